The molecule has 218 valence electrons. The number of rotatable bonds is 8. The Balaban J connectivity index is 1.33. The summed E-state index contributed by atoms with van der Waals surface area (Å²) in [6, 6.07) is 13.5. The van der Waals surface area contributed by atoms with Gasteiger partial charge in [-0.2, -0.15) is 0 Å². The summed E-state index contributed by atoms with van der Waals surface area (Å²) in [5.74, 6) is 2.60. The Hall–Kier alpha value is -2.91. The van der Waals surface area contributed by atoms with E-state index in [1.54, 1.807) is 19.2 Å². The highest BCUT2D eigenvalue weighted by Gasteiger charge is 2.26. The van der Waals surface area contributed by atoms with Gasteiger partial charge < -0.3 is 20.3 Å². The summed E-state index contributed by atoms with van der Waals surface area (Å²) >= 11 is 12.7. The molecule has 1 amide bonds. The number of hydrogen-bond acceptors (Lipinski definition) is 7. The predicted molar refractivity (Wildman–Crippen MR) is 165 cm³/mol. The molecular formula is C31H38Cl2N6O2. The highest BCUT2D eigenvalue weighted by molar-refractivity contribution is 6.35. The second-order valence-corrected chi connectivity index (χ2v) is 12.6. The van der Waals surface area contributed by atoms with Gasteiger partial charge in [-0.15, -0.1) is 0 Å². The van der Waals surface area contributed by atoms with Crippen molar-refractivity contribution in [1.29, 1.82) is 0 Å². The number of halogens is 2. The maximum absolute atomic E-state index is 11.3. The summed E-state index contributed by atoms with van der Waals surface area (Å²) in [7, 11) is 0. The number of piperazine rings is 1. The van der Waals surface area contributed by atoms with Crippen LogP contribution in [0.1, 0.15) is 39.2 Å². The fourth-order valence-electron chi connectivity index (χ4n) is 5.52. The van der Waals surface area contributed by atoms with Crippen molar-refractivity contribution in [3.8, 4) is 22.9 Å². The number of hydrogen-bond donors (Lipinski definition) is 2. The molecule has 3 aromatic rings. The van der Waals surface area contributed by atoms with Gasteiger partial charge >= 0.3 is 0 Å². The van der Waals surface area contributed by atoms with Gasteiger partial charge in [0.2, 0.25) is 11.8 Å². The molecule has 5 rings (SSSR count). The van der Waals surface area contributed by atoms with Crippen LogP contribution in [0.5, 0.6) is 11.6 Å². The van der Waals surface area contributed by atoms with Gasteiger partial charge in [0.05, 0.1) is 11.9 Å². The van der Waals surface area contributed by atoms with Gasteiger partial charge in [-0.3, -0.25) is 9.69 Å². The molecule has 0 unspecified atom stereocenters. The average Bonchev–Trinajstić information content (AvgIpc) is 2.92. The SMILES string of the molecule is CC(=O)NCC1CCN(Cc2cc(Oc3ccc(N4CCNC(C)(C)C4)nc3)nc(-c3cc(Cl)cc(Cl)c3)c2)CC1. The number of piperidine rings is 1. The Bertz CT molecular complexity index is 1340. The van der Waals surface area contributed by atoms with Crippen LogP contribution in [0.15, 0.2) is 48.7 Å². The molecular weight excluding hydrogens is 559 g/mol. The molecule has 4 heterocycles. The van der Waals surface area contributed by atoms with Crippen LogP contribution in [0, 0.1) is 5.92 Å². The maximum Gasteiger partial charge on any atom is 0.220 e. The fourth-order valence-corrected chi connectivity index (χ4v) is 6.05. The zero-order chi connectivity index (χ0) is 29.0. The molecule has 2 aliphatic rings. The van der Waals surface area contributed by atoms with Gasteiger partial charge in [0.15, 0.2) is 0 Å². The lowest BCUT2D eigenvalue weighted by Crippen LogP contribution is -2.57. The van der Waals surface area contributed by atoms with Gasteiger partial charge in [-0.1, -0.05) is 23.2 Å². The Morgan fingerprint density at radius 3 is 2.51 bits per heavy atom. The monoisotopic (exact) mass is 596 g/mol. The van der Waals surface area contributed by atoms with E-state index in [0.29, 0.717) is 27.6 Å². The molecule has 2 aromatic heterocycles. The lowest BCUT2D eigenvalue weighted by Gasteiger charge is -2.39. The molecule has 2 N–H and O–H groups in total. The lowest BCUT2D eigenvalue weighted by molar-refractivity contribution is -0.119. The minimum Gasteiger partial charge on any atom is -0.437 e. The number of likely N-dealkylation sites (tertiary alicyclic amines) is 1. The third-order valence-electron chi connectivity index (χ3n) is 7.61. The number of nitrogens with one attached hydrogen (secondary N) is 2. The van der Waals surface area contributed by atoms with E-state index >= 15 is 0 Å². The molecule has 0 saturated carbocycles. The molecule has 1 aromatic carbocycles. The molecule has 0 atom stereocenters. The summed E-state index contributed by atoms with van der Waals surface area (Å²) in [5.41, 5.74) is 2.71. The summed E-state index contributed by atoms with van der Waals surface area (Å²) in [4.78, 5) is 25.5. The fraction of sp³-hybridized carbons (Fsp3) is 0.452. The first-order valence-electron chi connectivity index (χ1n) is 14.2. The summed E-state index contributed by atoms with van der Waals surface area (Å²) in [6.07, 6.45) is 3.86. The van der Waals surface area contributed by atoms with Crippen LogP contribution in [0.2, 0.25) is 10.0 Å². The van der Waals surface area contributed by atoms with E-state index in [1.165, 1.54) is 0 Å². The highest BCUT2D eigenvalue weighted by atomic mass is 35.5. The summed E-state index contributed by atoms with van der Waals surface area (Å²) in [6.45, 7) is 12.1. The van der Waals surface area contributed by atoms with Crippen molar-refractivity contribution in [2.24, 2.45) is 5.92 Å². The largest absolute Gasteiger partial charge is 0.437 e. The zero-order valence-corrected chi connectivity index (χ0v) is 25.4. The number of nitrogens with zero attached hydrogens (tertiary/aromatic N) is 4. The van der Waals surface area contributed by atoms with E-state index in [9.17, 15) is 4.79 Å². The highest BCUT2D eigenvalue weighted by Crippen LogP contribution is 2.31. The average molecular weight is 598 g/mol. The molecule has 0 bridgehead atoms. The van der Waals surface area contributed by atoms with E-state index in [2.05, 4.69) is 40.3 Å². The van der Waals surface area contributed by atoms with Crippen molar-refractivity contribution < 1.29 is 9.53 Å². The van der Waals surface area contributed by atoms with Crippen LogP contribution >= 0.6 is 23.2 Å². The molecule has 0 radical (unpaired) electrons. The van der Waals surface area contributed by atoms with Crippen molar-refractivity contribution in [2.45, 2.75) is 45.7 Å². The van der Waals surface area contributed by atoms with Crippen LogP contribution in [0.3, 0.4) is 0 Å². The van der Waals surface area contributed by atoms with E-state index in [-0.39, 0.29) is 11.4 Å². The standard InChI is InChI=1S/C31H38Cl2N6O2/c1-21(40)34-17-22-6-9-38(10-7-22)19-23-12-28(24-14-25(32)16-26(33)15-24)37-30(13-23)41-27-4-5-29(35-18-27)39-11-8-36-31(2,3)20-39/h4-5,12-16,18,22,36H,6-11,17,19-20H2,1-3H3,(H,34,40). The first-order chi connectivity index (χ1) is 19.6. The number of ether oxygens (including phenoxy) is 1. The Labute approximate surface area is 252 Å². The van der Waals surface area contributed by atoms with Crippen molar-refractivity contribution >= 4 is 34.9 Å². The Kier molecular flexibility index (Phi) is 9.34. The minimum atomic E-state index is 0.0305. The molecule has 2 saturated heterocycles. The Morgan fingerprint density at radius 1 is 1.10 bits per heavy atom. The van der Waals surface area contributed by atoms with Crippen molar-refractivity contribution in [3.05, 3.63) is 64.3 Å². The third kappa shape index (κ3) is 8.32. The maximum atomic E-state index is 11.3. The number of aromatic nitrogens is 2. The zero-order valence-electron chi connectivity index (χ0n) is 23.9. The van der Waals surface area contributed by atoms with Crippen molar-refractivity contribution in [2.75, 3.05) is 44.2 Å². The van der Waals surface area contributed by atoms with Crippen molar-refractivity contribution in [1.82, 2.24) is 25.5 Å². The van der Waals surface area contributed by atoms with Crippen LogP contribution in [-0.4, -0.2) is 65.6 Å². The smallest absolute Gasteiger partial charge is 0.220 e. The minimum absolute atomic E-state index is 0.0305. The number of carbonyl (C=O) groups is 1. The van der Waals surface area contributed by atoms with Crippen LogP contribution in [0.4, 0.5) is 5.82 Å². The van der Waals surface area contributed by atoms with Gasteiger partial charge in [0.25, 0.3) is 0 Å². The van der Waals surface area contributed by atoms with Gasteiger partial charge in [0, 0.05) is 66.9 Å². The summed E-state index contributed by atoms with van der Waals surface area (Å²) in [5, 5.41) is 7.60. The van der Waals surface area contributed by atoms with E-state index in [1.807, 2.05) is 30.3 Å². The predicted octanol–water partition coefficient (Wildman–Crippen LogP) is 5.78. The van der Waals surface area contributed by atoms with Crippen molar-refractivity contribution in [3.63, 3.8) is 0 Å². The van der Waals surface area contributed by atoms with Gasteiger partial charge in [-0.25, -0.2) is 9.97 Å². The van der Waals surface area contributed by atoms with E-state index in [0.717, 1.165) is 81.3 Å². The summed E-state index contributed by atoms with van der Waals surface area (Å²) < 4.78 is 6.26. The van der Waals surface area contributed by atoms with E-state index < -0.39 is 0 Å². The molecule has 2 fully saturated rings. The van der Waals surface area contributed by atoms with Gasteiger partial charge in [0.1, 0.15) is 11.6 Å². The first kappa shape index (κ1) is 29.6. The molecule has 0 aliphatic carbocycles. The van der Waals surface area contributed by atoms with E-state index in [4.69, 9.17) is 37.9 Å². The second kappa shape index (κ2) is 12.9. The molecule has 10 heteroatoms. The topological polar surface area (TPSA) is 82.6 Å². The van der Waals surface area contributed by atoms with Crippen LogP contribution in [0.25, 0.3) is 11.3 Å². The Morgan fingerprint density at radius 2 is 1.85 bits per heavy atom. The number of pyridine rings is 2. The molecule has 41 heavy (non-hydrogen) atoms. The second-order valence-electron chi connectivity index (χ2n) is 11.7. The third-order valence-corrected chi connectivity index (χ3v) is 8.05. The van der Waals surface area contributed by atoms with Crippen LogP contribution < -0.4 is 20.3 Å². The molecule has 0 spiro atoms. The normalized spacial score (nSPS) is 17.8. The first-order valence-corrected chi connectivity index (χ1v) is 15.0. The lowest BCUT2D eigenvalue weighted by atomic mass is 9.96. The molecule has 8 nitrogen and oxygen atoms in total. The quantitative estimate of drug-likeness (QED) is 0.341. The number of amides is 1. The van der Waals surface area contributed by atoms with Crippen LogP contribution in [-0.2, 0) is 11.3 Å². The molecule has 2 aliphatic heterocycles. The number of anilines is 1. The van der Waals surface area contributed by atoms with Gasteiger partial charge in [-0.05, 0) is 87.7 Å². The number of benzene rings is 1. The number of carbonyl (C=O) groups excluding carboxylic acids is 1.